The highest BCUT2D eigenvalue weighted by Gasteiger charge is 2.50. The van der Waals surface area contributed by atoms with Crippen LogP contribution in [0, 0.1) is 11.6 Å². The number of hydrogen-bond acceptors (Lipinski definition) is 9. The van der Waals surface area contributed by atoms with Crippen LogP contribution in [-0.4, -0.2) is 75.9 Å². The van der Waals surface area contributed by atoms with Crippen LogP contribution in [-0.2, 0) is 6.18 Å². The molecule has 0 radical (unpaired) electrons. The number of anilines is 2. The summed E-state index contributed by atoms with van der Waals surface area (Å²) in [4.78, 5) is 16.3. The van der Waals surface area contributed by atoms with E-state index in [4.69, 9.17) is 10.5 Å². The molecule has 6 heterocycles. The van der Waals surface area contributed by atoms with Crippen molar-refractivity contribution in [1.29, 1.82) is 0 Å². The van der Waals surface area contributed by atoms with Gasteiger partial charge in [0.1, 0.15) is 29.9 Å². The molecule has 2 bridgehead atoms. The molecular weight excluding hydrogens is 682 g/mol. The first kappa shape index (κ1) is 32.4. The first-order valence-electron chi connectivity index (χ1n) is 15.8. The van der Waals surface area contributed by atoms with Crippen LogP contribution in [0.1, 0.15) is 37.7 Å². The van der Waals surface area contributed by atoms with Crippen molar-refractivity contribution in [3.05, 3.63) is 47.6 Å². The molecule has 49 heavy (non-hydrogen) atoms. The fourth-order valence-electron chi connectivity index (χ4n) is 8.27. The van der Waals surface area contributed by atoms with Crippen molar-refractivity contribution in [3.8, 4) is 17.1 Å². The number of ether oxygens (including phenoxy) is 1. The van der Waals surface area contributed by atoms with Gasteiger partial charge in [-0.2, -0.15) is 31.9 Å². The summed E-state index contributed by atoms with van der Waals surface area (Å²) < 4.78 is 124. The smallest absolute Gasteiger partial charge is 0.417 e. The standard InChI is InChI=1S/C32H29F8N7OS/c33-15-9-31(5-1-7-47(31)11-15)14-48-29-43-24-18(27(44-29)46-12-16-4-6-30(13-46,45-16)10-21(35)36)8-19(32(38,39)40)22(23(24)37)17-2-3-20(34)26-25(17)42-28(41)49-26/h2-3,8,10,15-16,45H,1,4-7,9,11-14H2,(H2,41,42)/t15-,16+,30+,31+/m1/s1. The molecule has 0 aliphatic carbocycles. The number of halogens is 8. The number of nitrogens with zero attached hydrogens (tertiary/aromatic N) is 5. The van der Waals surface area contributed by atoms with Crippen molar-refractivity contribution in [2.24, 2.45) is 0 Å². The van der Waals surface area contributed by atoms with Gasteiger partial charge in [-0.25, -0.2) is 18.2 Å². The Labute approximate surface area is 277 Å². The van der Waals surface area contributed by atoms with Crippen LogP contribution in [0.4, 0.5) is 46.1 Å². The number of alkyl halides is 4. The number of nitrogen functional groups attached to an aromatic ring is 1. The first-order valence-corrected chi connectivity index (χ1v) is 16.6. The molecule has 4 fully saturated rings. The Bertz CT molecular complexity index is 2020. The topological polar surface area (TPSA) is 92.4 Å². The van der Waals surface area contributed by atoms with E-state index in [2.05, 4.69) is 20.3 Å². The van der Waals surface area contributed by atoms with Crippen LogP contribution < -0.4 is 20.7 Å². The molecule has 260 valence electrons. The van der Waals surface area contributed by atoms with E-state index in [1.165, 1.54) is 0 Å². The average Bonchev–Trinajstić information content (AvgIpc) is 3.76. The first-order chi connectivity index (χ1) is 23.2. The Morgan fingerprint density at radius 2 is 1.94 bits per heavy atom. The second-order valence-corrected chi connectivity index (χ2v) is 14.4. The maximum atomic E-state index is 16.9. The van der Waals surface area contributed by atoms with Gasteiger partial charge in [0, 0.05) is 54.7 Å². The molecule has 3 N–H and O–H groups in total. The van der Waals surface area contributed by atoms with Crippen LogP contribution in [0.3, 0.4) is 0 Å². The van der Waals surface area contributed by atoms with Crippen LogP contribution in [0.15, 0.2) is 30.4 Å². The van der Waals surface area contributed by atoms with Crippen molar-refractivity contribution in [3.63, 3.8) is 0 Å². The molecule has 0 spiro atoms. The van der Waals surface area contributed by atoms with Crippen molar-refractivity contribution >= 4 is 43.4 Å². The molecule has 4 saturated heterocycles. The number of fused-ring (bicyclic) bond motifs is 5. The Balaban J connectivity index is 1.33. The summed E-state index contributed by atoms with van der Waals surface area (Å²) in [5, 5.41) is 2.73. The molecule has 4 aromatic rings. The monoisotopic (exact) mass is 711 g/mol. The van der Waals surface area contributed by atoms with Gasteiger partial charge in [0.15, 0.2) is 10.9 Å². The molecule has 2 aromatic heterocycles. The lowest BCUT2D eigenvalue weighted by Crippen LogP contribution is -2.59. The summed E-state index contributed by atoms with van der Waals surface area (Å²) in [6.45, 7) is 0.935. The number of rotatable bonds is 6. The number of piperazine rings is 1. The van der Waals surface area contributed by atoms with Gasteiger partial charge in [0.25, 0.3) is 6.08 Å². The Morgan fingerprint density at radius 1 is 1.12 bits per heavy atom. The zero-order valence-corrected chi connectivity index (χ0v) is 26.5. The zero-order chi connectivity index (χ0) is 34.5. The van der Waals surface area contributed by atoms with Crippen molar-refractivity contribution in [1.82, 2.24) is 25.2 Å². The molecule has 8 rings (SSSR count). The van der Waals surface area contributed by atoms with E-state index in [0.29, 0.717) is 37.1 Å². The maximum absolute atomic E-state index is 16.9. The van der Waals surface area contributed by atoms with Gasteiger partial charge < -0.3 is 20.7 Å². The van der Waals surface area contributed by atoms with Gasteiger partial charge in [-0.15, -0.1) is 0 Å². The second-order valence-electron chi connectivity index (χ2n) is 13.4. The van der Waals surface area contributed by atoms with Crippen LogP contribution in [0.25, 0.3) is 32.2 Å². The number of thiazole rings is 1. The molecule has 2 aromatic carbocycles. The van der Waals surface area contributed by atoms with E-state index in [9.17, 15) is 30.7 Å². The normalized spacial score (nSPS) is 27.0. The fraction of sp³-hybridized carbons (Fsp3) is 0.469. The molecule has 0 saturated carbocycles. The van der Waals surface area contributed by atoms with Gasteiger partial charge in [-0.1, -0.05) is 11.3 Å². The van der Waals surface area contributed by atoms with Crippen LogP contribution in [0.2, 0.25) is 0 Å². The van der Waals surface area contributed by atoms with Crippen molar-refractivity contribution in [2.75, 3.05) is 43.4 Å². The quantitative estimate of drug-likeness (QED) is 0.211. The van der Waals surface area contributed by atoms with Gasteiger partial charge in [0.2, 0.25) is 0 Å². The predicted molar refractivity (Wildman–Crippen MR) is 167 cm³/mol. The van der Waals surface area contributed by atoms with Gasteiger partial charge in [0.05, 0.1) is 26.9 Å². The van der Waals surface area contributed by atoms with Gasteiger partial charge in [-0.05, 0) is 50.4 Å². The van der Waals surface area contributed by atoms with Crippen molar-refractivity contribution in [2.45, 2.75) is 61.6 Å². The molecule has 0 unspecified atom stereocenters. The minimum atomic E-state index is -5.11. The largest absolute Gasteiger partial charge is 0.461 e. The molecule has 4 atom stereocenters. The van der Waals surface area contributed by atoms with E-state index in [1.807, 2.05) is 4.90 Å². The summed E-state index contributed by atoms with van der Waals surface area (Å²) >= 11 is 0.711. The Kier molecular flexibility index (Phi) is 7.50. The second kappa shape index (κ2) is 11.3. The van der Waals surface area contributed by atoms with Gasteiger partial charge >= 0.3 is 12.2 Å². The maximum Gasteiger partial charge on any atom is 0.417 e. The number of hydrogen-bond donors (Lipinski definition) is 2. The van der Waals surface area contributed by atoms with E-state index in [-0.39, 0.29) is 76.8 Å². The summed E-state index contributed by atoms with van der Waals surface area (Å²) in [5.74, 6) is -2.29. The molecule has 4 aliphatic heterocycles. The third-order valence-electron chi connectivity index (χ3n) is 10.2. The third-order valence-corrected chi connectivity index (χ3v) is 11.1. The summed E-state index contributed by atoms with van der Waals surface area (Å²) in [7, 11) is 0. The molecular formula is C32H29F8N7OS. The highest BCUT2D eigenvalue weighted by molar-refractivity contribution is 7.22. The number of benzene rings is 2. The third kappa shape index (κ3) is 5.44. The highest BCUT2D eigenvalue weighted by atomic mass is 32.1. The summed E-state index contributed by atoms with van der Waals surface area (Å²) in [6.07, 6.45) is -4.79. The predicted octanol–water partition coefficient (Wildman–Crippen LogP) is 6.83. The molecule has 0 amide bonds. The van der Waals surface area contributed by atoms with Crippen LogP contribution in [0.5, 0.6) is 6.01 Å². The minimum absolute atomic E-state index is 0.0475. The number of nitrogens with two attached hydrogens (primary N) is 1. The Morgan fingerprint density at radius 3 is 2.71 bits per heavy atom. The lowest BCUT2D eigenvalue weighted by atomic mass is 9.94. The minimum Gasteiger partial charge on any atom is -0.461 e. The van der Waals surface area contributed by atoms with E-state index < -0.39 is 57.8 Å². The lowest BCUT2D eigenvalue weighted by Gasteiger charge is -2.40. The lowest BCUT2D eigenvalue weighted by molar-refractivity contribution is -0.137. The highest BCUT2D eigenvalue weighted by Crippen LogP contribution is 2.47. The molecule has 8 nitrogen and oxygen atoms in total. The molecule has 17 heteroatoms. The van der Waals surface area contributed by atoms with Gasteiger partial charge in [-0.3, -0.25) is 4.90 Å². The summed E-state index contributed by atoms with van der Waals surface area (Å²) in [5.41, 5.74) is 0.515. The molecule has 4 aliphatic rings. The Hall–Kier alpha value is -3.83. The summed E-state index contributed by atoms with van der Waals surface area (Å²) in [6, 6.07) is 1.98. The van der Waals surface area contributed by atoms with Crippen LogP contribution >= 0.6 is 11.3 Å². The average molecular weight is 712 g/mol. The van der Waals surface area contributed by atoms with E-state index in [0.717, 1.165) is 30.7 Å². The SMILES string of the molecule is Nc1nc2c(-c3c(C(F)(F)F)cc4c(N5C[C@@H]6CC[C@](C=C(F)F)(C5)N6)nc(OC[C@@]56CCCN5C[C@H](F)C6)nc4c3F)ccc(F)c2s1. The zero-order valence-electron chi connectivity index (χ0n) is 25.7. The van der Waals surface area contributed by atoms with Crippen molar-refractivity contribution < 1.29 is 39.9 Å². The fourth-order valence-corrected chi connectivity index (χ4v) is 9.03. The number of aromatic nitrogens is 3. The van der Waals surface area contributed by atoms with E-state index >= 15 is 4.39 Å². The number of nitrogens with one attached hydrogen (secondary N) is 1. The van der Waals surface area contributed by atoms with E-state index in [1.54, 1.807) is 4.90 Å².